The first-order valence-electron chi connectivity index (χ1n) is 7.43. The van der Waals surface area contributed by atoms with E-state index in [1.807, 2.05) is 35.7 Å². The third-order valence-corrected chi connectivity index (χ3v) is 4.14. The number of thiophene rings is 1. The lowest BCUT2D eigenvalue weighted by Gasteiger charge is -2.09. The topological polar surface area (TPSA) is 95.5 Å². The first-order valence-corrected chi connectivity index (χ1v) is 8.31. The Bertz CT molecular complexity index is 740. The Hall–Kier alpha value is -2.67. The second kappa shape index (κ2) is 8.26. The van der Waals surface area contributed by atoms with E-state index in [0.29, 0.717) is 17.0 Å². The van der Waals surface area contributed by atoms with E-state index < -0.39 is 5.97 Å². The molecule has 0 unspecified atom stereocenters. The molecule has 0 fully saturated rings. The fourth-order valence-corrected chi connectivity index (χ4v) is 3.21. The Labute approximate surface area is 143 Å². The molecule has 0 aliphatic carbocycles. The minimum Gasteiger partial charge on any atom is -0.481 e. The average molecular weight is 346 g/mol. The van der Waals surface area contributed by atoms with Crippen molar-refractivity contribution in [1.29, 1.82) is 0 Å². The van der Waals surface area contributed by atoms with Crippen LogP contribution in [0.1, 0.15) is 30.1 Å². The van der Waals surface area contributed by atoms with Gasteiger partial charge in [-0.25, -0.2) is 0 Å². The maximum atomic E-state index is 12.5. The summed E-state index contributed by atoms with van der Waals surface area (Å²) in [4.78, 5) is 34.4. The monoisotopic (exact) mass is 346 g/mol. The summed E-state index contributed by atoms with van der Waals surface area (Å²) in [7, 11) is 0. The minimum absolute atomic E-state index is 0.00594. The second-order valence-corrected chi connectivity index (χ2v) is 6.03. The summed E-state index contributed by atoms with van der Waals surface area (Å²) in [5.41, 5.74) is 2.01. The molecule has 2 amide bonds. The van der Waals surface area contributed by atoms with E-state index in [0.717, 1.165) is 11.1 Å². The highest BCUT2D eigenvalue weighted by atomic mass is 32.1. The second-order valence-electron chi connectivity index (χ2n) is 5.15. The van der Waals surface area contributed by atoms with Crippen molar-refractivity contribution in [1.82, 2.24) is 5.32 Å². The number of nitrogens with one attached hydrogen (secondary N) is 2. The third kappa shape index (κ3) is 4.66. The number of amides is 2. The molecule has 7 heteroatoms. The molecule has 3 N–H and O–H groups in total. The van der Waals surface area contributed by atoms with Crippen molar-refractivity contribution in [3.05, 3.63) is 41.3 Å². The number of carboxylic acid groups (broad SMARTS) is 1. The lowest BCUT2D eigenvalue weighted by molar-refractivity contribution is -0.137. The highest BCUT2D eigenvalue weighted by Crippen LogP contribution is 2.35. The first-order chi connectivity index (χ1) is 11.5. The summed E-state index contributed by atoms with van der Waals surface area (Å²) in [5.74, 6) is -1.48. The smallest absolute Gasteiger partial charge is 0.303 e. The van der Waals surface area contributed by atoms with E-state index in [-0.39, 0.29) is 24.8 Å². The average Bonchev–Trinajstić information content (AvgIpc) is 2.95. The molecule has 6 nitrogen and oxygen atoms in total. The Morgan fingerprint density at radius 2 is 1.88 bits per heavy atom. The zero-order valence-corrected chi connectivity index (χ0v) is 14.0. The van der Waals surface area contributed by atoms with Gasteiger partial charge in [-0.2, -0.15) is 0 Å². The van der Waals surface area contributed by atoms with E-state index in [4.69, 9.17) is 5.11 Å². The molecular weight excluding hydrogens is 328 g/mol. The molecule has 0 atom stereocenters. The molecule has 1 heterocycles. The standard InChI is InChI=1S/C17H18N2O4S/c1-11(20)19-17-15(16(23)18-9-5-8-14(21)22)13(10-24-17)12-6-3-2-4-7-12/h2-4,6-7,10H,5,8-9H2,1H3,(H,18,23)(H,19,20)(H,21,22). The summed E-state index contributed by atoms with van der Waals surface area (Å²) < 4.78 is 0. The number of carbonyl (C=O) groups is 3. The zero-order chi connectivity index (χ0) is 17.5. The van der Waals surface area contributed by atoms with Gasteiger partial charge < -0.3 is 15.7 Å². The molecule has 1 aromatic carbocycles. The number of benzene rings is 1. The van der Waals surface area contributed by atoms with Gasteiger partial charge in [0.2, 0.25) is 5.91 Å². The number of anilines is 1. The molecule has 0 radical (unpaired) electrons. The minimum atomic E-state index is -0.899. The molecule has 2 aromatic rings. The summed E-state index contributed by atoms with van der Waals surface area (Å²) in [5, 5.41) is 16.3. The van der Waals surface area contributed by atoms with Crippen LogP contribution >= 0.6 is 11.3 Å². The highest BCUT2D eigenvalue weighted by Gasteiger charge is 2.20. The van der Waals surface area contributed by atoms with Crippen molar-refractivity contribution in [2.75, 3.05) is 11.9 Å². The molecule has 126 valence electrons. The van der Waals surface area contributed by atoms with Crippen molar-refractivity contribution in [2.24, 2.45) is 0 Å². The van der Waals surface area contributed by atoms with E-state index in [2.05, 4.69) is 10.6 Å². The summed E-state index contributed by atoms with van der Waals surface area (Å²) >= 11 is 1.28. The van der Waals surface area contributed by atoms with Crippen LogP contribution in [0.25, 0.3) is 11.1 Å². The number of hydrogen-bond acceptors (Lipinski definition) is 4. The van der Waals surface area contributed by atoms with Crippen molar-refractivity contribution < 1.29 is 19.5 Å². The van der Waals surface area contributed by atoms with Crippen molar-refractivity contribution in [2.45, 2.75) is 19.8 Å². The third-order valence-electron chi connectivity index (χ3n) is 3.25. The van der Waals surface area contributed by atoms with Gasteiger partial charge in [0.1, 0.15) is 5.00 Å². The molecule has 0 saturated carbocycles. The lowest BCUT2D eigenvalue weighted by Crippen LogP contribution is -2.26. The molecule has 24 heavy (non-hydrogen) atoms. The van der Waals surface area contributed by atoms with Gasteiger partial charge in [0.05, 0.1) is 5.56 Å². The van der Waals surface area contributed by atoms with Crippen LogP contribution in [0.4, 0.5) is 5.00 Å². The van der Waals surface area contributed by atoms with E-state index in [1.165, 1.54) is 18.3 Å². The quantitative estimate of drug-likeness (QED) is 0.672. The zero-order valence-electron chi connectivity index (χ0n) is 13.2. The van der Waals surface area contributed by atoms with Gasteiger partial charge in [0.15, 0.2) is 0 Å². The maximum Gasteiger partial charge on any atom is 0.303 e. The van der Waals surface area contributed by atoms with Crippen LogP contribution in [0.15, 0.2) is 35.7 Å². The highest BCUT2D eigenvalue weighted by molar-refractivity contribution is 7.15. The van der Waals surface area contributed by atoms with Crippen LogP contribution in [0.2, 0.25) is 0 Å². The predicted molar refractivity (Wildman–Crippen MR) is 93.3 cm³/mol. The number of carbonyl (C=O) groups excluding carboxylic acids is 2. The Morgan fingerprint density at radius 3 is 2.50 bits per heavy atom. The molecule has 0 aliphatic rings. The summed E-state index contributed by atoms with van der Waals surface area (Å²) in [6.07, 6.45) is 0.343. The SMILES string of the molecule is CC(=O)Nc1scc(-c2ccccc2)c1C(=O)NCCCC(=O)O. The molecule has 1 aromatic heterocycles. The normalized spacial score (nSPS) is 10.2. The van der Waals surface area contributed by atoms with E-state index >= 15 is 0 Å². The van der Waals surface area contributed by atoms with Crippen LogP contribution in [0, 0.1) is 0 Å². The van der Waals surface area contributed by atoms with Gasteiger partial charge in [-0.3, -0.25) is 14.4 Å². The number of aliphatic carboxylic acids is 1. The first kappa shape index (κ1) is 17.7. The number of hydrogen-bond donors (Lipinski definition) is 3. The van der Waals surface area contributed by atoms with E-state index in [9.17, 15) is 14.4 Å². The Morgan fingerprint density at radius 1 is 1.17 bits per heavy atom. The van der Waals surface area contributed by atoms with Crippen molar-refractivity contribution >= 4 is 34.1 Å². The van der Waals surface area contributed by atoms with Crippen molar-refractivity contribution in [3.63, 3.8) is 0 Å². The molecular formula is C17H18N2O4S. The van der Waals surface area contributed by atoms with Gasteiger partial charge in [0.25, 0.3) is 5.91 Å². The Balaban J connectivity index is 2.24. The number of carboxylic acids is 1. The van der Waals surface area contributed by atoms with Gasteiger partial charge in [0, 0.05) is 30.8 Å². The van der Waals surface area contributed by atoms with Crippen LogP contribution in [0.3, 0.4) is 0 Å². The fourth-order valence-electron chi connectivity index (χ4n) is 2.20. The molecule has 0 bridgehead atoms. The molecule has 0 saturated heterocycles. The van der Waals surface area contributed by atoms with Gasteiger partial charge in [-0.1, -0.05) is 30.3 Å². The van der Waals surface area contributed by atoms with Crippen LogP contribution in [-0.4, -0.2) is 29.4 Å². The van der Waals surface area contributed by atoms with Crippen LogP contribution < -0.4 is 10.6 Å². The lowest BCUT2D eigenvalue weighted by atomic mass is 10.0. The van der Waals surface area contributed by atoms with Crippen LogP contribution in [-0.2, 0) is 9.59 Å². The molecule has 0 aliphatic heterocycles. The van der Waals surface area contributed by atoms with Gasteiger partial charge in [-0.15, -0.1) is 11.3 Å². The largest absolute Gasteiger partial charge is 0.481 e. The van der Waals surface area contributed by atoms with Crippen molar-refractivity contribution in [3.8, 4) is 11.1 Å². The maximum absolute atomic E-state index is 12.5. The summed E-state index contributed by atoms with van der Waals surface area (Å²) in [6, 6.07) is 9.41. The van der Waals surface area contributed by atoms with Gasteiger partial charge >= 0.3 is 5.97 Å². The number of rotatable bonds is 7. The fraction of sp³-hybridized carbons (Fsp3) is 0.235. The van der Waals surface area contributed by atoms with Crippen LogP contribution in [0.5, 0.6) is 0 Å². The molecule has 2 rings (SSSR count). The Kier molecular flexibility index (Phi) is 6.08. The summed E-state index contributed by atoms with van der Waals surface area (Å²) in [6.45, 7) is 1.64. The van der Waals surface area contributed by atoms with Gasteiger partial charge in [-0.05, 0) is 12.0 Å². The predicted octanol–water partition coefficient (Wildman–Crippen LogP) is 2.97. The molecule has 0 spiro atoms. The van der Waals surface area contributed by atoms with E-state index in [1.54, 1.807) is 0 Å².